The van der Waals surface area contributed by atoms with Gasteiger partial charge in [-0.25, -0.2) is 0 Å². The summed E-state index contributed by atoms with van der Waals surface area (Å²) in [7, 11) is -7.85. The van der Waals surface area contributed by atoms with E-state index >= 15 is 0 Å². The number of nitrogens with one attached hydrogen (secondary N) is 2. The molecule has 0 spiro atoms. The van der Waals surface area contributed by atoms with E-state index in [0.29, 0.717) is 38.8 Å². The largest absolute Gasteiger partial charge is 0.385 e. The Morgan fingerprint density at radius 2 is 0.842 bits per heavy atom. The summed E-state index contributed by atoms with van der Waals surface area (Å²) in [6.45, 7) is 9.80. The third kappa shape index (κ3) is 10.2. The summed E-state index contributed by atoms with van der Waals surface area (Å²) < 4.78 is 61.7. The van der Waals surface area contributed by atoms with Crippen molar-refractivity contribution in [3.8, 4) is 11.1 Å². The van der Waals surface area contributed by atoms with Crippen LogP contribution in [0.2, 0.25) is 0 Å². The van der Waals surface area contributed by atoms with Crippen molar-refractivity contribution in [2.75, 3.05) is 35.2 Å². The minimum absolute atomic E-state index is 0.218. The van der Waals surface area contributed by atoms with Crippen LogP contribution in [0.15, 0.2) is 24.3 Å². The van der Waals surface area contributed by atoms with Crippen molar-refractivity contribution in [1.29, 1.82) is 0 Å². The topological polar surface area (TPSA) is 133 Å². The minimum Gasteiger partial charge on any atom is -0.385 e. The highest BCUT2D eigenvalue weighted by Gasteiger charge is 2.14. The Kier molecular flexibility index (Phi) is 12.5. The summed E-state index contributed by atoms with van der Waals surface area (Å²) in [5.74, 6) is -0.437. The molecule has 2 aromatic rings. The standard InChI is InChI=1S/C28H44N2O6S2/c1-5-21-17-25(18-22(6-2)27(21)29-13-9-11-15-37(31,32)33)26-19-23(7-3)28(24(8-4)20-26)30-14-10-12-16-38(34,35)36/h17-20,29-30H,5-16H2,1-4H3,(H,31,32,33)(H,34,35,36). The molecule has 4 N–H and O–H groups in total. The normalized spacial score (nSPS) is 12.1. The fourth-order valence-corrected chi connectivity index (χ4v) is 5.82. The number of aryl methyl sites for hydroxylation is 4. The van der Waals surface area contributed by atoms with Crippen LogP contribution in [-0.2, 0) is 45.9 Å². The van der Waals surface area contributed by atoms with Gasteiger partial charge in [-0.15, -0.1) is 0 Å². The first-order chi connectivity index (χ1) is 17.9. The SMILES string of the molecule is CCc1cc(-c2cc(CC)c(NCCCCS(=O)(=O)O)c(CC)c2)cc(CC)c1NCCCCS(=O)(=O)O. The average Bonchev–Trinajstić information content (AvgIpc) is 2.86. The summed E-state index contributed by atoms with van der Waals surface area (Å²) >= 11 is 0. The molecule has 0 aliphatic heterocycles. The van der Waals surface area contributed by atoms with Crippen molar-refractivity contribution in [3.63, 3.8) is 0 Å². The van der Waals surface area contributed by atoms with E-state index in [2.05, 4.69) is 62.6 Å². The molecule has 0 saturated carbocycles. The highest BCUT2D eigenvalue weighted by molar-refractivity contribution is 7.86. The van der Waals surface area contributed by atoms with Crippen LogP contribution in [0, 0.1) is 0 Å². The van der Waals surface area contributed by atoms with Gasteiger partial charge in [0.1, 0.15) is 0 Å². The van der Waals surface area contributed by atoms with Crippen molar-refractivity contribution < 1.29 is 25.9 Å². The molecule has 0 radical (unpaired) electrons. The summed E-state index contributed by atoms with van der Waals surface area (Å²) in [5, 5.41) is 7.01. The lowest BCUT2D eigenvalue weighted by Crippen LogP contribution is -2.11. The summed E-state index contributed by atoms with van der Waals surface area (Å²) in [6.07, 6.45) is 5.56. The maximum absolute atomic E-state index is 11.0. The number of rotatable bonds is 17. The van der Waals surface area contributed by atoms with Gasteiger partial charge < -0.3 is 10.6 Å². The van der Waals surface area contributed by atoms with Gasteiger partial charge in [-0.05, 0) is 109 Å². The van der Waals surface area contributed by atoms with Crippen LogP contribution in [-0.4, -0.2) is 50.5 Å². The Labute approximate surface area is 229 Å². The zero-order valence-corrected chi connectivity index (χ0v) is 24.8. The lowest BCUT2D eigenvalue weighted by Gasteiger charge is -2.20. The molecule has 10 heteroatoms. The Morgan fingerprint density at radius 3 is 1.08 bits per heavy atom. The second kappa shape index (κ2) is 14.9. The lowest BCUT2D eigenvalue weighted by molar-refractivity contribution is 0.478. The molecule has 38 heavy (non-hydrogen) atoms. The van der Waals surface area contributed by atoms with Crippen molar-refractivity contribution in [2.45, 2.75) is 79.1 Å². The second-order valence-electron chi connectivity index (χ2n) is 9.59. The van der Waals surface area contributed by atoms with E-state index in [1.165, 1.54) is 33.4 Å². The first-order valence-corrected chi connectivity index (χ1v) is 16.8. The molecule has 0 aliphatic rings. The van der Waals surface area contributed by atoms with Crippen LogP contribution in [0.3, 0.4) is 0 Å². The smallest absolute Gasteiger partial charge is 0.264 e. The zero-order chi connectivity index (χ0) is 28.3. The molecule has 0 fully saturated rings. The van der Waals surface area contributed by atoms with Gasteiger partial charge in [0.2, 0.25) is 0 Å². The average molecular weight is 569 g/mol. The monoisotopic (exact) mass is 568 g/mol. The highest BCUT2D eigenvalue weighted by atomic mass is 32.2. The molecular formula is C28H44N2O6S2. The molecule has 0 bridgehead atoms. The van der Waals surface area contributed by atoms with E-state index in [0.717, 1.165) is 37.1 Å². The highest BCUT2D eigenvalue weighted by Crippen LogP contribution is 2.34. The molecule has 0 heterocycles. The minimum atomic E-state index is -3.92. The van der Waals surface area contributed by atoms with Crippen molar-refractivity contribution in [3.05, 3.63) is 46.5 Å². The van der Waals surface area contributed by atoms with Crippen LogP contribution in [0.25, 0.3) is 11.1 Å². The maximum atomic E-state index is 11.0. The fraction of sp³-hybridized carbons (Fsp3) is 0.571. The third-order valence-electron chi connectivity index (χ3n) is 6.72. The Balaban J connectivity index is 2.27. The third-order valence-corrected chi connectivity index (χ3v) is 8.33. The number of unbranched alkanes of at least 4 members (excludes halogenated alkanes) is 2. The van der Waals surface area contributed by atoms with Gasteiger partial charge in [0.05, 0.1) is 11.5 Å². The molecular weight excluding hydrogens is 524 g/mol. The summed E-state index contributed by atoms with van der Waals surface area (Å²) in [5.41, 5.74) is 9.41. The maximum Gasteiger partial charge on any atom is 0.264 e. The van der Waals surface area contributed by atoms with Crippen molar-refractivity contribution >= 4 is 31.6 Å². The quantitative estimate of drug-likeness (QED) is 0.140. The molecule has 0 saturated heterocycles. The Hall–Kier alpha value is -2.14. The molecule has 0 amide bonds. The van der Waals surface area contributed by atoms with Crippen LogP contribution < -0.4 is 10.6 Å². The predicted octanol–water partition coefficient (Wildman–Crippen LogP) is 5.76. The van der Waals surface area contributed by atoms with Gasteiger partial charge >= 0.3 is 0 Å². The second-order valence-corrected chi connectivity index (χ2v) is 12.7. The predicted molar refractivity (Wildman–Crippen MR) is 158 cm³/mol. The van der Waals surface area contributed by atoms with E-state index in [-0.39, 0.29) is 11.5 Å². The lowest BCUT2D eigenvalue weighted by atomic mass is 9.91. The van der Waals surface area contributed by atoms with Gasteiger partial charge in [0, 0.05) is 24.5 Å². The molecule has 0 aliphatic carbocycles. The molecule has 8 nitrogen and oxygen atoms in total. The van der Waals surface area contributed by atoms with Gasteiger partial charge in [0.15, 0.2) is 0 Å². The van der Waals surface area contributed by atoms with Crippen LogP contribution in [0.1, 0.15) is 75.6 Å². The molecule has 0 unspecified atom stereocenters. The van der Waals surface area contributed by atoms with E-state index in [1.807, 2.05) is 0 Å². The molecule has 2 rings (SSSR count). The molecule has 214 valence electrons. The molecule has 0 aromatic heterocycles. The van der Waals surface area contributed by atoms with Crippen molar-refractivity contribution in [1.82, 2.24) is 0 Å². The van der Waals surface area contributed by atoms with Gasteiger partial charge in [-0.3, -0.25) is 9.11 Å². The van der Waals surface area contributed by atoms with Crippen LogP contribution >= 0.6 is 0 Å². The first-order valence-electron chi connectivity index (χ1n) is 13.6. The van der Waals surface area contributed by atoms with E-state index in [1.54, 1.807) is 0 Å². The van der Waals surface area contributed by atoms with Crippen LogP contribution in [0.4, 0.5) is 11.4 Å². The fourth-order valence-electron chi connectivity index (χ4n) is 4.68. The Bertz CT molecular complexity index is 1120. The van der Waals surface area contributed by atoms with Gasteiger partial charge in [-0.2, -0.15) is 16.8 Å². The molecule has 2 aromatic carbocycles. The summed E-state index contributed by atoms with van der Waals surface area (Å²) in [4.78, 5) is 0. The number of anilines is 2. The number of hydrogen-bond donors (Lipinski definition) is 4. The van der Waals surface area contributed by atoms with E-state index in [4.69, 9.17) is 9.11 Å². The van der Waals surface area contributed by atoms with Gasteiger partial charge in [-0.1, -0.05) is 27.7 Å². The Morgan fingerprint density at radius 1 is 0.553 bits per heavy atom. The number of hydrogen-bond acceptors (Lipinski definition) is 6. The molecule has 0 atom stereocenters. The first kappa shape index (κ1) is 32.1. The summed E-state index contributed by atoms with van der Waals surface area (Å²) in [6, 6.07) is 8.93. The van der Waals surface area contributed by atoms with E-state index < -0.39 is 20.2 Å². The van der Waals surface area contributed by atoms with Gasteiger partial charge in [0.25, 0.3) is 20.2 Å². The number of benzene rings is 2. The van der Waals surface area contributed by atoms with E-state index in [9.17, 15) is 16.8 Å². The van der Waals surface area contributed by atoms with Crippen LogP contribution in [0.5, 0.6) is 0 Å². The van der Waals surface area contributed by atoms with Crippen molar-refractivity contribution in [2.24, 2.45) is 0 Å². The zero-order valence-electron chi connectivity index (χ0n) is 23.1.